The van der Waals surface area contributed by atoms with E-state index >= 15 is 0 Å². The number of nitrogens with one attached hydrogen (secondary N) is 2. The van der Waals surface area contributed by atoms with Gasteiger partial charge in [-0.25, -0.2) is 4.98 Å². The third kappa shape index (κ3) is 4.56. The fourth-order valence-corrected chi connectivity index (χ4v) is 5.82. The van der Waals surface area contributed by atoms with Crippen LogP contribution < -0.4 is 15.1 Å². The topological polar surface area (TPSA) is 90.0 Å². The standard InChI is InChI=1S/C28H35N7O/c1-34(28-29-16-15-25(31-28)35(2)26-17-24(32-33-26)19-7-8-19)21-12-10-20(11-13-21)30-27(36)23-14-9-18-5-3-4-6-22(18)23/h3-6,15-17,19-21,23H,7-14H2,1-2H3,(H,30,36)(H,32,33). The molecule has 0 spiro atoms. The van der Waals surface area contributed by atoms with Gasteiger partial charge in [0.2, 0.25) is 11.9 Å². The molecule has 1 atom stereocenters. The number of aromatic amines is 1. The van der Waals surface area contributed by atoms with Crippen molar-refractivity contribution in [3.8, 4) is 0 Å². The van der Waals surface area contributed by atoms with Gasteiger partial charge in [-0.2, -0.15) is 10.1 Å². The van der Waals surface area contributed by atoms with Crippen molar-refractivity contribution >= 4 is 23.5 Å². The number of rotatable bonds is 7. The molecule has 0 saturated heterocycles. The van der Waals surface area contributed by atoms with Crippen LogP contribution in [-0.4, -0.2) is 52.3 Å². The number of aromatic nitrogens is 4. The van der Waals surface area contributed by atoms with E-state index < -0.39 is 0 Å². The number of H-pyrrole nitrogens is 1. The molecule has 1 amide bonds. The molecule has 6 rings (SSSR count). The Morgan fingerprint density at radius 2 is 1.81 bits per heavy atom. The van der Waals surface area contributed by atoms with Crippen LogP contribution in [0.3, 0.4) is 0 Å². The van der Waals surface area contributed by atoms with E-state index in [1.54, 1.807) is 0 Å². The second kappa shape index (κ2) is 9.56. The number of nitrogens with zero attached hydrogens (tertiary/aromatic N) is 5. The molecular formula is C28H35N7O. The first-order valence-electron chi connectivity index (χ1n) is 13.3. The van der Waals surface area contributed by atoms with E-state index in [9.17, 15) is 4.79 Å². The summed E-state index contributed by atoms with van der Waals surface area (Å²) in [6.07, 6.45) is 10.2. The summed E-state index contributed by atoms with van der Waals surface area (Å²) < 4.78 is 0. The molecule has 1 unspecified atom stereocenters. The van der Waals surface area contributed by atoms with Crippen LogP contribution in [-0.2, 0) is 11.2 Å². The lowest BCUT2D eigenvalue weighted by atomic mass is 9.89. The van der Waals surface area contributed by atoms with Crippen LogP contribution >= 0.6 is 0 Å². The fraction of sp³-hybridized carbons (Fsp3) is 0.500. The summed E-state index contributed by atoms with van der Waals surface area (Å²) in [5.41, 5.74) is 3.75. The molecule has 2 aromatic heterocycles. The van der Waals surface area contributed by atoms with Crippen LogP contribution in [0.5, 0.6) is 0 Å². The van der Waals surface area contributed by atoms with Gasteiger partial charge in [-0.1, -0.05) is 24.3 Å². The van der Waals surface area contributed by atoms with Crippen molar-refractivity contribution in [3.05, 3.63) is 59.4 Å². The fourth-order valence-electron chi connectivity index (χ4n) is 5.82. The van der Waals surface area contributed by atoms with E-state index in [0.717, 1.165) is 56.1 Å². The maximum Gasteiger partial charge on any atom is 0.227 e. The molecule has 2 saturated carbocycles. The van der Waals surface area contributed by atoms with Crippen LogP contribution in [0.15, 0.2) is 42.6 Å². The SMILES string of the molecule is CN(c1cc(C2CC2)[nH]n1)c1ccnc(N(C)C2CCC(NC(=O)C3CCc4ccccc43)CC2)n1. The van der Waals surface area contributed by atoms with Crippen LogP contribution in [0.1, 0.15) is 73.6 Å². The highest BCUT2D eigenvalue weighted by Gasteiger charge is 2.32. The van der Waals surface area contributed by atoms with Gasteiger partial charge in [-0.3, -0.25) is 9.89 Å². The summed E-state index contributed by atoms with van der Waals surface area (Å²) in [5, 5.41) is 11.0. The Morgan fingerprint density at radius 3 is 2.61 bits per heavy atom. The molecule has 36 heavy (non-hydrogen) atoms. The van der Waals surface area contributed by atoms with Crippen molar-refractivity contribution < 1.29 is 4.79 Å². The Bertz CT molecular complexity index is 1230. The zero-order valence-corrected chi connectivity index (χ0v) is 21.2. The van der Waals surface area contributed by atoms with Gasteiger partial charge in [0.05, 0.1) is 5.92 Å². The Kier molecular flexibility index (Phi) is 6.11. The number of hydrogen-bond acceptors (Lipinski definition) is 6. The summed E-state index contributed by atoms with van der Waals surface area (Å²) >= 11 is 0. The van der Waals surface area contributed by atoms with Gasteiger partial charge in [0.15, 0.2) is 5.82 Å². The maximum absolute atomic E-state index is 13.0. The van der Waals surface area contributed by atoms with Crippen molar-refractivity contribution in [2.45, 2.75) is 75.3 Å². The van der Waals surface area contributed by atoms with Gasteiger partial charge < -0.3 is 15.1 Å². The molecule has 0 aliphatic heterocycles. The second-order valence-corrected chi connectivity index (χ2v) is 10.6. The molecule has 1 aromatic carbocycles. The Morgan fingerprint density at radius 1 is 1.00 bits per heavy atom. The molecule has 3 aliphatic rings. The van der Waals surface area contributed by atoms with Crippen LogP contribution in [0.4, 0.5) is 17.6 Å². The number of carbonyl (C=O) groups excluding carboxylic acids is 1. The van der Waals surface area contributed by atoms with Crippen molar-refractivity contribution in [1.29, 1.82) is 0 Å². The average Bonchev–Trinajstić information content (AvgIpc) is 3.48. The van der Waals surface area contributed by atoms with Gasteiger partial charge in [-0.05, 0) is 68.6 Å². The van der Waals surface area contributed by atoms with Crippen molar-refractivity contribution in [2.24, 2.45) is 0 Å². The van der Waals surface area contributed by atoms with Crippen LogP contribution in [0.2, 0.25) is 0 Å². The third-order valence-electron chi connectivity index (χ3n) is 8.27. The van der Waals surface area contributed by atoms with Gasteiger partial charge in [0.25, 0.3) is 0 Å². The molecule has 2 N–H and O–H groups in total. The summed E-state index contributed by atoms with van der Waals surface area (Å²) in [6.45, 7) is 0. The molecule has 0 bridgehead atoms. The predicted molar refractivity (Wildman–Crippen MR) is 141 cm³/mol. The Hall–Kier alpha value is -3.42. The van der Waals surface area contributed by atoms with E-state index in [4.69, 9.17) is 4.98 Å². The number of anilines is 3. The Balaban J connectivity index is 1.05. The average molecular weight is 486 g/mol. The lowest BCUT2D eigenvalue weighted by Crippen LogP contribution is -2.44. The zero-order chi connectivity index (χ0) is 24.6. The van der Waals surface area contributed by atoms with E-state index in [1.807, 2.05) is 30.3 Å². The molecule has 2 fully saturated rings. The minimum atomic E-state index is 0.00426. The molecule has 3 aromatic rings. The van der Waals surface area contributed by atoms with E-state index in [1.165, 1.54) is 29.7 Å². The highest BCUT2D eigenvalue weighted by molar-refractivity contribution is 5.85. The quantitative estimate of drug-likeness (QED) is 0.514. The number of carbonyl (C=O) groups is 1. The monoisotopic (exact) mass is 485 g/mol. The minimum absolute atomic E-state index is 0.00426. The highest BCUT2D eigenvalue weighted by atomic mass is 16.2. The largest absolute Gasteiger partial charge is 0.353 e. The lowest BCUT2D eigenvalue weighted by molar-refractivity contribution is -0.123. The van der Waals surface area contributed by atoms with E-state index in [2.05, 4.69) is 56.7 Å². The highest BCUT2D eigenvalue weighted by Crippen LogP contribution is 2.40. The van der Waals surface area contributed by atoms with Crippen molar-refractivity contribution in [3.63, 3.8) is 0 Å². The zero-order valence-electron chi connectivity index (χ0n) is 21.2. The van der Waals surface area contributed by atoms with Crippen LogP contribution in [0, 0.1) is 0 Å². The number of hydrogen-bond donors (Lipinski definition) is 2. The van der Waals surface area contributed by atoms with Gasteiger partial charge >= 0.3 is 0 Å². The number of fused-ring (bicyclic) bond motifs is 1. The van der Waals surface area contributed by atoms with Gasteiger partial charge in [0.1, 0.15) is 5.82 Å². The first-order chi connectivity index (χ1) is 17.6. The lowest BCUT2D eigenvalue weighted by Gasteiger charge is -2.35. The van der Waals surface area contributed by atoms with Gasteiger partial charge in [-0.15, -0.1) is 0 Å². The summed E-state index contributed by atoms with van der Waals surface area (Å²) in [6, 6.07) is 13.0. The molecule has 8 nitrogen and oxygen atoms in total. The maximum atomic E-state index is 13.0. The number of benzene rings is 1. The van der Waals surface area contributed by atoms with E-state index in [-0.39, 0.29) is 17.9 Å². The molecular weight excluding hydrogens is 450 g/mol. The second-order valence-electron chi connectivity index (χ2n) is 10.6. The molecule has 188 valence electrons. The summed E-state index contributed by atoms with van der Waals surface area (Å²) in [5.74, 6) is 3.28. The minimum Gasteiger partial charge on any atom is -0.353 e. The third-order valence-corrected chi connectivity index (χ3v) is 8.27. The Labute approximate surface area is 212 Å². The van der Waals surface area contributed by atoms with Crippen molar-refractivity contribution in [2.75, 3.05) is 23.9 Å². The van der Waals surface area contributed by atoms with Crippen LogP contribution in [0.25, 0.3) is 0 Å². The normalized spacial score (nSPS) is 23.2. The first-order valence-corrected chi connectivity index (χ1v) is 13.3. The summed E-state index contributed by atoms with van der Waals surface area (Å²) in [4.78, 5) is 26.6. The number of amides is 1. The first kappa shape index (κ1) is 23.0. The molecule has 3 aliphatic carbocycles. The van der Waals surface area contributed by atoms with Gasteiger partial charge in [0, 0.05) is 50.1 Å². The molecule has 0 radical (unpaired) electrons. The van der Waals surface area contributed by atoms with E-state index in [0.29, 0.717) is 12.0 Å². The van der Waals surface area contributed by atoms with Crippen molar-refractivity contribution in [1.82, 2.24) is 25.5 Å². The number of aryl methyl sites for hydroxylation is 1. The molecule has 2 heterocycles. The summed E-state index contributed by atoms with van der Waals surface area (Å²) in [7, 11) is 4.08. The molecule has 8 heteroatoms. The predicted octanol–water partition coefficient (Wildman–Crippen LogP) is 4.44. The smallest absolute Gasteiger partial charge is 0.227 e.